The lowest BCUT2D eigenvalue weighted by Crippen LogP contribution is -2.29. The minimum atomic E-state index is -4.39. The number of allylic oxidation sites excluding steroid dienone is 8. The molecule has 0 aromatic heterocycles. The Hall–Kier alpha value is -2.03. The zero-order valence-electron chi connectivity index (χ0n) is 42.9. The van der Waals surface area contributed by atoms with Crippen LogP contribution >= 0.6 is 7.82 Å². The van der Waals surface area contributed by atoms with Crippen LogP contribution in [0.2, 0.25) is 0 Å². The molecule has 0 bridgehead atoms. The van der Waals surface area contributed by atoms with Crippen LogP contribution in [-0.4, -0.2) is 49.3 Å². The molecule has 0 aliphatic carbocycles. The van der Waals surface area contributed by atoms with Gasteiger partial charge in [-0.3, -0.25) is 18.6 Å². The van der Waals surface area contributed by atoms with Crippen molar-refractivity contribution in [3.63, 3.8) is 0 Å². The largest absolute Gasteiger partial charge is 0.472 e. The Labute approximate surface area is 407 Å². The van der Waals surface area contributed by atoms with Crippen molar-refractivity contribution in [2.24, 2.45) is 5.73 Å². The molecular weight excluding hydrogens is 846 g/mol. The van der Waals surface area contributed by atoms with Crippen molar-refractivity contribution in [2.45, 2.75) is 270 Å². The predicted octanol–water partition coefficient (Wildman–Crippen LogP) is 17.0. The zero-order valence-corrected chi connectivity index (χ0v) is 43.8. The van der Waals surface area contributed by atoms with E-state index in [1.807, 2.05) is 0 Å². The molecule has 3 N–H and O–H groups in total. The lowest BCUT2D eigenvalue weighted by molar-refractivity contribution is -0.161. The van der Waals surface area contributed by atoms with Gasteiger partial charge in [-0.25, -0.2) is 4.57 Å². The number of phosphoric ester groups is 1. The van der Waals surface area contributed by atoms with Gasteiger partial charge in [0.05, 0.1) is 13.2 Å². The van der Waals surface area contributed by atoms with Crippen molar-refractivity contribution in [2.75, 3.05) is 26.4 Å². The average molecular weight is 950 g/mol. The lowest BCUT2D eigenvalue weighted by Gasteiger charge is -2.19. The monoisotopic (exact) mass is 950 g/mol. The number of nitrogens with two attached hydrogens (primary N) is 1. The summed E-state index contributed by atoms with van der Waals surface area (Å²) < 4.78 is 33.0. The zero-order chi connectivity index (χ0) is 48.1. The van der Waals surface area contributed by atoms with Crippen LogP contribution in [-0.2, 0) is 32.7 Å². The van der Waals surface area contributed by atoms with Crippen LogP contribution < -0.4 is 5.73 Å². The van der Waals surface area contributed by atoms with Crippen LogP contribution in [0.5, 0.6) is 0 Å². The predicted molar refractivity (Wildman–Crippen MR) is 280 cm³/mol. The number of esters is 2. The number of phosphoric acid groups is 1. The number of carbonyl (C=O) groups excluding carboxylic acids is 2. The van der Waals surface area contributed by atoms with Crippen LogP contribution in [0.25, 0.3) is 0 Å². The molecule has 10 heteroatoms. The van der Waals surface area contributed by atoms with Crippen molar-refractivity contribution in [1.82, 2.24) is 0 Å². The molecule has 0 radical (unpaired) electrons. The highest BCUT2D eigenvalue weighted by molar-refractivity contribution is 7.47. The first kappa shape index (κ1) is 64.0. The Balaban J connectivity index is 3.99. The highest BCUT2D eigenvalue weighted by Gasteiger charge is 2.26. The molecule has 66 heavy (non-hydrogen) atoms. The fourth-order valence-electron chi connectivity index (χ4n) is 7.81. The standard InChI is InChI=1S/C56H104NO8P/c1-3-5-7-9-11-13-15-17-19-21-23-24-25-26-27-28-29-30-31-33-35-37-39-41-43-45-47-49-56(59)65-54(53-64-66(60,61)63-51-50-57)52-62-55(58)48-46-44-42-40-38-36-34-32-22-20-18-16-14-12-10-8-6-4-2/h15,17,20-23,25-26,54H,3-14,16,18-19,24,27-53,57H2,1-2H3,(H,60,61)/b17-15-,22-20-,23-21-,26-25-. The molecule has 2 unspecified atom stereocenters. The maximum absolute atomic E-state index is 12.7. The van der Waals surface area contributed by atoms with E-state index in [9.17, 15) is 19.0 Å². The van der Waals surface area contributed by atoms with Gasteiger partial charge in [-0.1, -0.05) is 223 Å². The Morgan fingerprint density at radius 3 is 1.18 bits per heavy atom. The number of hydrogen-bond donors (Lipinski definition) is 2. The number of hydrogen-bond acceptors (Lipinski definition) is 8. The molecule has 0 saturated carbocycles. The molecule has 0 fully saturated rings. The van der Waals surface area contributed by atoms with Gasteiger partial charge in [0.1, 0.15) is 6.61 Å². The van der Waals surface area contributed by atoms with Gasteiger partial charge in [0.2, 0.25) is 0 Å². The van der Waals surface area contributed by atoms with Crippen molar-refractivity contribution in [1.29, 1.82) is 0 Å². The van der Waals surface area contributed by atoms with Crippen LogP contribution in [0.3, 0.4) is 0 Å². The number of ether oxygens (including phenoxy) is 2. The van der Waals surface area contributed by atoms with E-state index in [0.717, 1.165) is 64.2 Å². The topological polar surface area (TPSA) is 134 Å². The molecule has 0 amide bonds. The third kappa shape index (κ3) is 51.4. The van der Waals surface area contributed by atoms with E-state index in [2.05, 4.69) is 62.5 Å². The third-order valence-electron chi connectivity index (χ3n) is 11.9. The Morgan fingerprint density at radius 1 is 0.455 bits per heavy atom. The van der Waals surface area contributed by atoms with Gasteiger partial charge >= 0.3 is 19.8 Å². The van der Waals surface area contributed by atoms with E-state index in [1.54, 1.807) is 0 Å². The fraction of sp³-hybridized carbons (Fsp3) is 0.821. The molecule has 0 aliphatic heterocycles. The number of unbranched alkanes of at least 4 members (excludes halogenated alkanes) is 31. The first-order chi connectivity index (χ1) is 32.3. The summed E-state index contributed by atoms with van der Waals surface area (Å²) >= 11 is 0. The SMILES string of the molecule is CCCCCCC/C=C\C/C=C\C/C=C\CCCCCCCCCCCCCCC(=O)OC(COC(=O)CCCCCCCCC/C=C\CCCCCCCCC)COP(=O)(O)OCCN. The van der Waals surface area contributed by atoms with Crippen LogP contribution in [0.15, 0.2) is 48.6 Å². The molecule has 386 valence electrons. The van der Waals surface area contributed by atoms with Crippen LogP contribution in [0.1, 0.15) is 264 Å². The lowest BCUT2D eigenvalue weighted by atomic mass is 10.0. The molecule has 2 atom stereocenters. The summed E-state index contributed by atoms with van der Waals surface area (Å²) in [7, 11) is -4.39. The first-order valence-electron chi connectivity index (χ1n) is 27.6. The number of rotatable bonds is 52. The van der Waals surface area contributed by atoms with Crippen molar-refractivity contribution in [3.8, 4) is 0 Å². The maximum Gasteiger partial charge on any atom is 0.472 e. The summed E-state index contributed by atoms with van der Waals surface area (Å²) in [4.78, 5) is 35.1. The summed E-state index contributed by atoms with van der Waals surface area (Å²) in [6.45, 7) is 3.75. The van der Waals surface area contributed by atoms with Gasteiger partial charge in [-0.15, -0.1) is 0 Å². The smallest absolute Gasteiger partial charge is 0.462 e. The van der Waals surface area contributed by atoms with E-state index in [4.69, 9.17) is 24.3 Å². The summed E-state index contributed by atoms with van der Waals surface area (Å²) in [5, 5.41) is 0. The minimum absolute atomic E-state index is 0.0521. The third-order valence-corrected chi connectivity index (χ3v) is 12.9. The van der Waals surface area contributed by atoms with Gasteiger partial charge in [0.25, 0.3) is 0 Å². The fourth-order valence-corrected chi connectivity index (χ4v) is 8.58. The molecule has 0 spiro atoms. The summed E-state index contributed by atoms with van der Waals surface area (Å²) in [5.74, 6) is -0.827. The molecule has 9 nitrogen and oxygen atoms in total. The molecule has 0 rings (SSSR count). The highest BCUT2D eigenvalue weighted by atomic mass is 31.2. The molecule has 0 saturated heterocycles. The van der Waals surface area contributed by atoms with E-state index < -0.39 is 26.5 Å². The highest BCUT2D eigenvalue weighted by Crippen LogP contribution is 2.43. The minimum Gasteiger partial charge on any atom is -0.462 e. The van der Waals surface area contributed by atoms with Gasteiger partial charge in [0, 0.05) is 19.4 Å². The second kappa shape index (κ2) is 52.3. The van der Waals surface area contributed by atoms with Gasteiger partial charge in [0.15, 0.2) is 6.10 Å². The van der Waals surface area contributed by atoms with E-state index in [1.165, 1.54) is 167 Å². The summed E-state index contributed by atoms with van der Waals surface area (Å²) in [6.07, 6.45) is 63.0. The van der Waals surface area contributed by atoms with E-state index in [0.29, 0.717) is 6.42 Å². The molecule has 0 aromatic carbocycles. The maximum atomic E-state index is 12.7. The Morgan fingerprint density at radius 2 is 0.788 bits per heavy atom. The van der Waals surface area contributed by atoms with Gasteiger partial charge in [-0.2, -0.15) is 0 Å². The first-order valence-corrected chi connectivity index (χ1v) is 29.1. The van der Waals surface area contributed by atoms with Crippen LogP contribution in [0, 0.1) is 0 Å². The van der Waals surface area contributed by atoms with E-state index >= 15 is 0 Å². The van der Waals surface area contributed by atoms with Crippen LogP contribution in [0.4, 0.5) is 0 Å². The normalized spacial score (nSPS) is 13.5. The second-order valence-electron chi connectivity index (χ2n) is 18.4. The van der Waals surface area contributed by atoms with E-state index in [-0.39, 0.29) is 38.6 Å². The Kier molecular flexibility index (Phi) is 50.7. The van der Waals surface area contributed by atoms with Gasteiger partial charge < -0.3 is 20.1 Å². The summed E-state index contributed by atoms with van der Waals surface area (Å²) in [6, 6.07) is 0. The van der Waals surface area contributed by atoms with Crippen molar-refractivity contribution < 1.29 is 37.6 Å². The van der Waals surface area contributed by atoms with Crippen molar-refractivity contribution in [3.05, 3.63) is 48.6 Å². The molecule has 0 aliphatic rings. The van der Waals surface area contributed by atoms with Crippen molar-refractivity contribution >= 4 is 19.8 Å². The average Bonchev–Trinajstić information content (AvgIpc) is 3.31. The second-order valence-corrected chi connectivity index (χ2v) is 19.9. The summed E-state index contributed by atoms with van der Waals surface area (Å²) in [5.41, 5.74) is 5.37. The number of carbonyl (C=O) groups is 2. The molecule has 0 heterocycles. The quantitative estimate of drug-likeness (QED) is 0.0264. The Bertz CT molecular complexity index is 1220. The molecular formula is C56H104NO8P. The van der Waals surface area contributed by atoms with Gasteiger partial charge in [-0.05, 0) is 77.0 Å². The molecule has 0 aromatic rings.